The van der Waals surface area contributed by atoms with Crippen molar-refractivity contribution in [3.05, 3.63) is 35.9 Å². The van der Waals surface area contributed by atoms with Crippen molar-refractivity contribution in [2.75, 3.05) is 6.61 Å². The fraction of sp³-hybridized carbons (Fsp3) is 0.526. The first-order chi connectivity index (χ1) is 13.3. The smallest absolute Gasteiger partial charge is 0.303 e. The molecule has 9 heteroatoms. The number of aliphatic hydroxyl groups excluding tert-OH is 1. The molecule has 0 bridgehead atoms. The van der Waals surface area contributed by atoms with Crippen LogP contribution in [-0.2, 0) is 44.7 Å². The van der Waals surface area contributed by atoms with Gasteiger partial charge < -0.3 is 28.8 Å². The van der Waals surface area contributed by atoms with Crippen LogP contribution in [-0.4, -0.2) is 60.3 Å². The summed E-state index contributed by atoms with van der Waals surface area (Å²) in [4.78, 5) is 34.2. The van der Waals surface area contributed by atoms with E-state index in [0.29, 0.717) is 0 Å². The van der Waals surface area contributed by atoms with Gasteiger partial charge in [0.05, 0.1) is 6.61 Å². The van der Waals surface area contributed by atoms with Crippen molar-refractivity contribution in [3.63, 3.8) is 0 Å². The molecule has 0 saturated carbocycles. The van der Waals surface area contributed by atoms with Crippen molar-refractivity contribution in [2.24, 2.45) is 0 Å². The molecule has 154 valence electrons. The molecule has 5 atom stereocenters. The highest BCUT2D eigenvalue weighted by Crippen LogP contribution is 2.28. The van der Waals surface area contributed by atoms with Crippen LogP contribution < -0.4 is 0 Å². The lowest BCUT2D eigenvalue weighted by Gasteiger charge is -2.43. The van der Waals surface area contributed by atoms with Crippen molar-refractivity contribution < 1.29 is 43.2 Å². The predicted octanol–water partition coefficient (Wildman–Crippen LogP) is 0.715. The number of ether oxygens (including phenoxy) is 5. The molecule has 1 saturated heterocycles. The molecule has 1 aromatic rings. The lowest BCUT2D eigenvalue weighted by molar-refractivity contribution is -0.302. The van der Waals surface area contributed by atoms with Gasteiger partial charge in [-0.1, -0.05) is 30.3 Å². The molecule has 28 heavy (non-hydrogen) atoms. The van der Waals surface area contributed by atoms with Gasteiger partial charge in [0.2, 0.25) is 0 Å². The largest absolute Gasteiger partial charge is 0.463 e. The van der Waals surface area contributed by atoms with Crippen molar-refractivity contribution >= 4 is 17.9 Å². The summed E-state index contributed by atoms with van der Waals surface area (Å²) in [7, 11) is 0. The Hall–Kier alpha value is -2.49. The van der Waals surface area contributed by atoms with Crippen LogP contribution in [0.1, 0.15) is 26.3 Å². The second kappa shape index (κ2) is 10.2. The van der Waals surface area contributed by atoms with Crippen LogP contribution in [0.25, 0.3) is 0 Å². The summed E-state index contributed by atoms with van der Waals surface area (Å²) in [6, 6.07) is 9.16. The van der Waals surface area contributed by atoms with E-state index in [1.165, 1.54) is 20.8 Å². The molecular formula is C19H24O9. The summed E-state index contributed by atoms with van der Waals surface area (Å²) >= 11 is 0. The average molecular weight is 396 g/mol. The lowest BCUT2D eigenvalue weighted by Crippen LogP contribution is -2.62. The van der Waals surface area contributed by atoms with Crippen LogP contribution >= 0.6 is 0 Å². The molecule has 2 rings (SSSR count). The average Bonchev–Trinajstić information content (AvgIpc) is 2.62. The van der Waals surface area contributed by atoms with Gasteiger partial charge in [-0.05, 0) is 5.56 Å². The minimum atomic E-state index is -1.56. The fourth-order valence-electron chi connectivity index (χ4n) is 2.84. The molecule has 0 spiro atoms. The first kappa shape index (κ1) is 21.8. The third-order valence-electron chi connectivity index (χ3n) is 3.95. The van der Waals surface area contributed by atoms with Gasteiger partial charge in [-0.3, -0.25) is 14.4 Å². The molecular weight excluding hydrogens is 372 g/mol. The first-order valence-corrected chi connectivity index (χ1v) is 8.74. The molecule has 0 unspecified atom stereocenters. The number of hydrogen-bond donors (Lipinski definition) is 1. The van der Waals surface area contributed by atoms with Crippen LogP contribution in [0, 0.1) is 0 Å². The minimum Gasteiger partial charge on any atom is -0.463 e. The van der Waals surface area contributed by atoms with Crippen LogP contribution in [0.5, 0.6) is 0 Å². The molecule has 1 heterocycles. The van der Waals surface area contributed by atoms with Crippen LogP contribution in [0.2, 0.25) is 0 Å². The molecule has 1 aliphatic rings. The number of rotatable bonds is 7. The van der Waals surface area contributed by atoms with Gasteiger partial charge in [0.15, 0.2) is 18.5 Å². The summed E-state index contributed by atoms with van der Waals surface area (Å²) in [5, 5.41) is 10.3. The number of carbonyl (C=O) groups is 3. The number of esters is 3. The molecule has 0 amide bonds. The van der Waals surface area contributed by atoms with Crippen molar-refractivity contribution in [1.29, 1.82) is 0 Å². The topological polar surface area (TPSA) is 118 Å². The maximum atomic E-state index is 11.6. The van der Waals surface area contributed by atoms with E-state index in [0.717, 1.165) is 5.56 Å². The van der Waals surface area contributed by atoms with E-state index in [-0.39, 0.29) is 13.2 Å². The van der Waals surface area contributed by atoms with Gasteiger partial charge in [0.25, 0.3) is 0 Å². The molecule has 0 aliphatic carbocycles. The monoisotopic (exact) mass is 396 g/mol. The highest BCUT2D eigenvalue weighted by atomic mass is 16.7. The van der Waals surface area contributed by atoms with E-state index < -0.39 is 48.6 Å². The van der Waals surface area contributed by atoms with Crippen LogP contribution in [0.15, 0.2) is 30.3 Å². The van der Waals surface area contributed by atoms with Gasteiger partial charge in [-0.2, -0.15) is 0 Å². The second-order valence-electron chi connectivity index (χ2n) is 6.28. The van der Waals surface area contributed by atoms with E-state index >= 15 is 0 Å². The Labute approximate surface area is 162 Å². The molecule has 1 aliphatic heterocycles. The summed E-state index contributed by atoms with van der Waals surface area (Å²) in [6.07, 6.45) is -5.92. The summed E-state index contributed by atoms with van der Waals surface area (Å²) in [5.74, 6) is -1.86. The Morgan fingerprint density at radius 3 is 2.11 bits per heavy atom. The Kier molecular flexibility index (Phi) is 7.91. The third-order valence-corrected chi connectivity index (χ3v) is 3.95. The molecule has 0 radical (unpaired) electrons. The zero-order valence-electron chi connectivity index (χ0n) is 15.9. The second-order valence-corrected chi connectivity index (χ2v) is 6.28. The van der Waals surface area contributed by atoms with Crippen molar-refractivity contribution in [2.45, 2.75) is 58.1 Å². The number of benzene rings is 1. The summed E-state index contributed by atoms with van der Waals surface area (Å²) in [5.41, 5.74) is 0.822. The van der Waals surface area contributed by atoms with E-state index in [4.69, 9.17) is 23.7 Å². The minimum absolute atomic E-state index is 0.105. The zero-order valence-corrected chi connectivity index (χ0v) is 15.9. The quantitative estimate of drug-likeness (QED) is 0.525. The number of hydrogen-bond acceptors (Lipinski definition) is 9. The van der Waals surface area contributed by atoms with Crippen molar-refractivity contribution in [1.82, 2.24) is 0 Å². The van der Waals surface area contributed by atoms with Crippen molar-refractivity contribution in [3.8, 4) is 0 Å². The normalized spacial score (nSPS) is 26.9. The highest BCUT2D eigenvalue weighted by molar-refractivity contribution is 5.67. The van der Waals surface area contributed by atoms with Gasteiger partial charge in [0, 0.05) is 20.8 Å². The zero-order chi connectivity index (χ0) is 20.7. The van der Waals surface area contributed by atoms with Crippen LogP contribution in [0.3, 0.4) is 0 Å². The Morgan fingerprint density at radius 1 is 0.929 bits per heavy atom. The Morgan fingerprint density at radius 2 is 1.54 bits per heavy atom. The highest BCUT2D eigenvalue weighted by Gasteiger charge is 2.50. The maximum absolute atomic E-state index is 11.6. The molecule has 1 fully saturated rings. The maximum Gasteiger partial charge on any atom is 0.303 e. The standard InChI is InChI=1S/C19H24O9/c1-11(20)24-10-15-16(26-12(2)21)17(18(19(23)28-15)27-13(3)22)25-9-14-7-5-4-6-8-14/h4-8,15-19,23H,9-10H2,1-3H3/t15-,16+,17-,18+,19-/m0/s1. The predicted molar refractivity (Wildman–Crippen MR) is 93.6 cm³/mol. The van der Waals surface area contributed by atoms with Gasteiger partial charge in [0.1, 0.15) is 18.8 Å². The lowest BCUT2D eigenvalue weighted by atomic mass is 9.98. The fourth-order valence-corrected chi connectivity index (χ4v) is 2.84. The first-order valence-electron chi connectivity index (χ1n) is 8.74. The SMILES string of the molecule is CC(=O)OC[C@@H]1O[C@H](O)[C@H](OC(C)=O)[C@@H](OCc2ccccc2)[C@@H]1OC(C)=O. The van der Waals surface area contributed by atoms with E-state index in [1.54, 1.807) is 0 Å². The molecule has 1 aromatic carbocycles. The molecule has 1 N–H and O–H groups in total. The van der Waals surface area contributed by atoms with Gasteiger partial charge >= 0.3 is 17.9 Å². The van der Waals surface area contributed by atoms with Gasteiger partial charge in [-0.15, -0.1) is 0 Å². The van der Waals surface area contributed by atoms with E-state index in [9.17, 15) is 19.5 Å². The summed E-state index contributed by atoms with van der Waals surface area (Å²) in [6.45, 7) is 3.41. The molecule has 0 aromatic heterocycles. The van der Waals surface area contributed by atoms with E-state index in [1.807, 2.05) is 30.3 Å². The number of carbonyl (C=O) groups excluding carboxylic acids is 3. The Balaban J connectivity index is 2.26. The molecule has 9 nitrogen and oxygen atoms in total. The van der Waals surface area contributed by atoms with Gasteiger partial charge in [-0.25, -0.2) is 0 Å². The third kappa shape index (κ3) is 6.29. The number of aliphatic hydroxyl groups is 1. The van der Waals surface area contributed by atoms with E-state index in [2.05, 4.69) is 0 Å². The summed E-state index contributed by atoms with van der Waals surface area (Å²) < 4.78 is 26.7. The Bertz CT molecular complexity index is 675. The van der Waals surface area contributed by atoms with Crippen LogP contribution in [0.4, 0.5) is 0 Å².